The lowest BCUT2D eigenvalue weighted by molar-refractivity contribution is 0.547. The van der Waals surface area contributed by atoms with Gasteiger partial charge in [-0.3, -0.25) is 0 Å². The van der Waals surface area contributed by atoms with Crippen molar-refractivity contribution >= 4 is 24.2 Å². The van der Waals surface area contributed by atoms with Gasteiger partial charge in [-0.05, 0) is 25.6 Å². The molecule has 0 saturated heterocycles. The number of rotatable bonds is 3. The van der Waals surface area contributed by atoms with E-state index in [0.717, 1.165) is 17.8 Å². The molecule has 50 valence electrons. The maximum Gasteiger partial charge on any atom is 0.182 e. The minimum Gasteiger partial charge on any atom is -0.432 e. The van der Waals surface area contributed by atoms with Crippen LogP contribution in [0.3, 0.4) is 0 Å². The van der Waals surface area contributed by atoms with Crippen LogP contribution in [0.2, 0.25) is 19.1 Å². The lowest BCUT2D eigenvalue weighted by Crippen LogP contribution is -2.24. The summed E-state index contributed by atoms with van der Waals surface area (Å²) in [6.45, 7) is 3.94. The van der Waals surface area contributed by atoms with E-state index in [1.807, 2.05) is 13.1 Å². The molecule has 0 bridgehead atoms. The third-order valence-corrected chi connectivity index (χ3v) is 3.06. The lowest BCUT2D eigenvalue weighted by Gasteiger charge is -2.11. The van der Waals surface area contributed by atoms with Crippen molar-refractivity contribution in [2.24, 2.45) is 0 Å². The minimum absolute atomic E-state index is 1.01. The molecule has 0 radical (unpaired) electrons. The quantitative estimate of drug-likeness (QED) is 0.541. The Bertz CT molecular complexity index is 59.9. The third-order valence-electron chi connectivity index (χ3n) is 0.922. The first kappa shape index (κ1) is 8.66. The molecule has 0 atom stereocenters. The van der Waals surface area contributed by atoms with Crippen LogP contribution in [0.15, 0.2) is 0 Å². The summed E-state index contributed by atoms with van der Waals surface area (Å²) in [5, 5.41) is 1.02. The fraction of sp³-hybridized carbons (Fsp3) is 1.00. The smallest absolute Gasteiger partial charge is 0.182 e. The Balaban J connectivity index is 3.11. The second-order valence-corrected chi connectivity index (χ2v) is 7.52. The summed E-state index contributed by atoms with van der Waals surface area (Å²) in [4.78, 5) is 9.27. The van der Waals surface area contributed by atoms with Gasteiger partial charge in [-0.15, -0.1) is 0 Å². The predicted octanol–water partition coefficient (Wildman–Crippen LogP) is 1.97. The van der Waals surface area contributed by atoms with Gasteiger partial charge in [0.05, 0.1) is 0 Å². The summed E-state index contributed by atoms with van der Waals surface area (Å²) in [7, 11) is -1.71. The molecule has 0 spiro atoms. The van der Waals surface area contributed by atoms with Crippen LogP contribution in [0.5, 0.6) is 0 Å². The Morgan fingerprint density at radius 2 is 2.00 bits per heavy atom. The Morgan fingerprint density at radius 1 is 1.50 bits per heavy atom. The molecule has 0 aliphatic heterocycles. The minimum atomic E-state index is -1.71. The van der Waals surface area contributed by atoms with Crippen LogP contribution in [0.4, 0.5) is 0 Å². The van der Waals surface area contributed by atoms with Crippen LogP contribution in [-0.2, 0) is 0 Å². The second-order valence-electron chi connectivity index (χ2n) is 2.60. The average Bonchev–Trinajstić information content (AvgIpc) is 1.59. The molecule has 0 aliphatic carbocycles. The summed E-state index contributed by atoms with van der Waals surface area (Å²) in [5.41, 5.74) is 0. The SMILES string of the molecule is C[Si](C)(O)CCCBr. The van der Waals surface area contributed by atoms with Crippen molar-refractivity contribution in [3.05, 3.63) is 0 Å². The molecule has 1 nitrogen and oxygen atoms in total. The van der Waals surface area contributed by atoms with Gasteiger partial charge >= 0.3 is 0 Å². The van der Waals surface area contributed by atoms with E-state index in [1.165, 1.54) is 0 Å². The third kappa shape index (κ3) is 6.66. The highest BCUT2D eigenvalue weighted by Gasteiger charge is 2.14. The fourth-order valence-electron chi connectivity index (χ4n) is 0.499. The molecular formula is C5H13BrOSi. The van der Waals surface area contributed by atoms with Crippen LogP contribution < -0.4 is 0 Å². The molecule has 0 aromatic rings. The molecule has 0 aromatic carbocycles. The van der Waals surface area contributed by atoms with E-state index >= 15 is 0 Å². The van der Waals surface area contributed by atoms with Crippen molar-refractivity contribution < 1.29 is 4.80 Å². The van der Waals surface area contributed by atoms with Crippen LogP contribution in [0.1, 0.15) is 6.42 Å². The Labute approximate surface area is 60.4 Å². The zero-order chi connectivity index (χ0) is 6.62. The van der Waals surface area contributed by atoms with E-state index in [-0.39, 0.29) is 0 Å². The summed E-state index contributed by atoms with van der Waals surface area (Å²) in [6.07, 6.45) is 1.11. The second kappa shape index (κ2) is 3.64. The lowest BCUT2D eigenvalue weighted by atomic mass is 10.6. The topological polar surface area (TPSA) is 20.2 Å². The highest BCUT2D eigenvalue weighted by Crippen LogP contribution is 2.08. The Kier molecular flexibility index (Phi) is 3.94. The number of halogens is 1. The number of hydrogen-bond donors (Lipinski definition) is 1. The average molecular weight is 197 g/mol. The molecule has 0 rings (SSSR count). The summed E-state index contributed by atoms with van der Waals surface area (Å²) in [5.74, 6) is 0. The van der Waals surface area contributed by atoms with Gasteiger partial charge in [0.25, 0.3) is 0 Å². The van der Waals surface area contributed by atoms with Gasteiger partial charge in [0.2, 0.25) is 0 Å². The first-order valence-electron chi connectivity index (χ1n) is 2.84. The zero-order valence-corrected chi connectivity index (χ0v) is 8.03. The summed E-state index contributed by atoms with van der Waals surface area (Å²) in [6, 6.07) is 1.01. The maximum absolute atomic E-state index is 9.27. The van der Waals surface area contributed by atoms with E-state index in [4.69, 9.17) is 0 Å². The van der Waals surface area contributed by atoms with E-state index < -0.39 is 8.32 Å². The molecule has 1 N–H and O–H groups in total. The predicted molar refractivity (Wildman–Crippen MR) is 42.9 cm³/mol. The monoisotopic (exact) mass is 196 g/mol. The standard InChI is InChI=1S/C5H13BrOSi/c1-8(2,7)5-3-4-6/h7H,3-5H2,1-2H3. The van der Waals surface area contributed by atoms with E-state index in [9.17, 15) is 4.80 Å². The van der Waals surface area contributed by atoms with Gasteiger partial charge in [0.15, 0.2) is 8.32 Å². The first-order valence-corrected chi connectivity index (χ1v) is 7.12. The van der Waals surface area contributed by atoms with Crippen molar-refractivity contribution in [1.29, 1.82) is 0 Å². The molecule has 0 unspecified atom stereocenters. The van der Waals surface area contributed by atoms with Gasteiger partial charge in [-0.2, -0.15) is 0 Å². The molecule has 0 fully saturated rings. The van der Waals surface area contributed by atoms with Crippen molar-refractivity contribution in [3.8, 4) is 0 Å². The molecule has 8 heavy (non-hydrogen) atoms. The summed E-state index contributed by atoms with van der Waals surface area (Å²) < 4.78 is 0. The van der Waals surface area contributed by atoms with Crippen LogP contribution in [0, 0.1) is 0 Å². The van der Waals surface area contributed by atoms with Crippen molar-refractivity contribution in [1.82, 2.24) is 0 Å². The fourth-order valence-corrected chi connectivity index (χ4v) is 2.34. The molecule has 0 aromatic heterocycles. The van der Waals surface area contributed by atoms with Crippen molar-refractivity contribution in [3.63, 3.8) is 0 Å². The maximum atomic E-state index is 9.27. The van der Waals surface area contributed by atoms with Gasteiger partial charge in [0.1, 0.15) is 0 Å². The number of alkyl halides is 1. The molecule has 0 aliphatic rings. The number of hydrogen-bond acceptors (Lipinski definition) is 1. The van der Waals surface area contributed by atoms with Gasteiger partial charge in [0, 0.05) is 5.33 Å². The van der Waals surface area contributed by atoms with Gasteiger partial charge in [-0.1, -0.05) is 15.9 Å². The van der Waals surface area contributed by atoms with E-state index in [1.54, 1.807) is 0 Å². The zero-order valence-electron chi connectivity index (χ0n) is 5.45. The molecule has 3 heteroatoms. The molecular weight excluding hydrogens is 184 g/mol. The van der Waals surface area contributed by atoms with Crippen LogP contribution in [-0.4, -0.2) is 18.4 Å². The van der Waals surface area contributed by atoms with Crippen molar-refractivity contribution in [2.45, 2.75) is 25.6 Å². The Morgan fingerprint density at radius 3 is 2.12 bits per heavy atom. The van der Waals surface area contributed by atoms with E-state index in [0.29, 0.717) is 0 Å². The first-order chi connectivity index (χ1) is 3.56. The Hall–Kier alpha value is 0.657. The molecule has 0 amide bonds. The highest BCUT2D eigenvalue weighted by molar-refractivity contribution is 9.09. The van der Waals surface area contributed by atoms with Crippen LogP contribution >= 0.6 is 15.9 Å². The normalized spacial score (nSPS) is 12.0. The largest absolute Gasteiger partial charge is 0.432 e. The van der Waals surface area contributed by atoms with Crippen LogP contribution in [0.25, 0.3) is 0 Å². The van der Waals surface area contributed by atoms with Crippen molar-refractivity contribution in [2.75, 3.05) is 5.33 Å². The summed E-state index contributed by atoms with van der Waals surface area (Å²) >= 11 is 3.31. The molecule has 0 heterocycles. The van der Waals surface area contributed by atoms with E-state index in [2.05, 4.69) is 15.9 Å². The molecule has 0 saturated carbocycles. The van der Waals surface area contributed by atoms with Gasteiger partial charge < -0.3 is 4.80 Å². The highest BCUT2D eigenvalue weighted by atomic mass is 79.9. The van der Waals surface area contributed by atoms with Gasteiger partial charge in [-0.25, -0.2) is 0 Å².